The molecular weight excluding hydrogens is 457 g/mol. The Hall–Kier alpha value is -1.77. The number of guanidine groups is 1. The maximum Gasteiger partial charge on any atom is 0.305 e. The third-order valence-electron chi connectivity index (χ3n) is 3.66. The number of rotatable bonds is 12. The van der Waals surface area contributed by atoms with Gasteiger partial charge in [0.25, 0.3) is 0 Å². The molecule has 1 aromatic rings. The maximum absolute atomic E-state index is 11.1. The Bertz CT molecular complexity index is 579. The number of carbonyl (C=O) groups is 1. The number of carbonyl (C=O) groups excluding carboxylic acids is 1. The minimum Gasteiger partial charge on any atom is -0.489 e. The van der Waals surface area contributed by atoms with Gasteiger partial charge in [-0.1, -0.05) is 37.3 Å². The largest absolute Gasteiger partial charge is 0.489 e. The fourth-order valence-electron chi connectivity index (χ4n) is 2.31. The van der Waals surface area contributed by atoms with E-state index in [4.69, 9.17) is 4.74 Å². The average Bonchev–Trinajstić information content (AvgIpc) is 2.67. The summed E-state index contributed by atoms with van der Waals surface area (Å²) < 4.78 is 10.3. The van der Waals surface area contributed by atoms with Gasteiger partial charge in [0.2, 0.25) is 0 Å². The Kier molecular flexibility index (Phi) is 15.3. The molecule has 0 amide bonds. The fraction of sp³-hybridized carbons (Fsp3) is 0.500. The van der Waals surface area contributed by atoms with Crippen LogP contribution in [0, 0.1) is 0 Å². The number of ether oxygens (including phenoxy) is 2. The minimum absolute atomic E-state index is 0. The van der Waals surface area contributed by atoms with E-state index in [9.17, 15) is 4.79 Å². The summed E-state index contributed by atoms with van der Waals surface area (Å²) in [5.74, 6) is 1.46. The molecule has 152 valence electrons. The second kappa shape index (κ2) is 16.4. The van der Waals surface area contributed by atoms with Gasteiger partial charge in [-0.3, -0.25) is 4.79 Å². The second-order valence-electron chi connectivity index (χ2n) is 5.72. The van der Waals surface area contributed by atoms with Gasteiger partial charge < -0.3 is 20.1 Å². The zero-order valence-electron chi connectivity index (χ0n) is 16.3. The number of nitrogens with zero attached hydrogens (tertiary/aromatic N) is 1. The van der Waals surface area contributed by atoms with Crippen molar-refractivity contribution in [3.63, 3.8) is 0 Å². The predicted octanol–water partition coefficient (Wildman–Crippen LogP) is 3.66. The van der Waals surface area contributed by atoms with Crippen molar-refractivity contribution in [2.45, 2.75) is 39.2 Å². The lowest BCUT2D eigenvalue weighted by Gasteiger charge is -2.12. The minimum atomic E-state index is -0.148. The van der Waals surface area contributed by atoms with Gasteiger partial charge in [0.15, 0.2) is 5.96 Å². The number of benzene rings is 1. The molecular formula is C20H32IN3O3. The van der Waals surface area contributed by atoms with E-state index in [2.05, 4.69) is 26.9 Å². The summed E-state index contributed by atoms with van der Waals surface area (Å²) in [5, 5.41) is 6.56. The summed E-state index contributed by atoms with van der Waals surface area (Å²) >= 11 is 0. The van der Waals surface area contributed by atoms with E-state index in [1.165, 1.54) is 7.11 Å². The van der Waals surface area contributed by atoms with Crippen LogP contribution in [0.25, 0.3) is 0 Å². The molecule has 0 saturated carbocycles. The van der Waals surface area contributed by atoms with E-state index in [0.717, 1.165) is 49.6 Å². The zero-order chi connectivity index (χ0) is 19.0. The topological polar surface area (TPSA) is 72.0 Å². The summed E-state index contributed by atoms with van der Waals surface area (Å²) in [6.45, 7) is 8.32. The fourth-order valence-corrected chi connectivity index (χ4v) is 2.31. The summed E-state index contributed by atoms with van der Waals surface area (Å²) in [6, 6.07) is 7.88. The molecule has 0 radical (unpaired) electrons. The van der Waals surface area contributed by atoms with Gasteiger partial charge in [-0.2, -0.15) is 0 Å². The lowest BCUT2D eigenvalue weighted by atomic mass is 10.2. The van der Waals surface area contributed by atoms with Crippen LogP contribution in [0.1, 0.15) is 38.2 Å². The smallest absolute Gasteiger partial charge is 0.305 e. The normalized spacial score (nSPS) is 10.5. The van der Waals surface area contributed by atoms with Gasteiger partial charge in [0, 0.05) is 25.1 Å². The van der Waals surface area contributed by atoms with Crippen LogP contribution in [0.5, 0.6) is 5.75 Å². The molecule has 0 bridgehead atoms. The lowest BCUT2D eigenvalue weighted by molar-refractivity contribution is -0.140. The van der Waals surface area contributed by atoms with Crippen LogP contribution in [-0.4, -0.2) is 38.7 Å². The Morgan fingerprint density at radius 2 is 2.00 bits per heavy atom. The monoisotopic (exact) mass is 489 g/mol. The Labute approximate surface area is 179 Å². The van der Waals surface area contributed by atoms with Crippen molar-refractivity contribution in [3.05, 3.63) is 42.5 Å². The van der Waals surface area contributed by atoms with Gasteiger partial charge in [-0.25, -0.2) is 4.99 Å². The van der Waals surface area contributed by atoms with E-state index >= 15 is 0 Å². The molecule has 0 heterocycles. The number of hydrogen-bond acceptors (Lipinski definition) is 4. The van der Waals surface area contributed by atoms with Crippen LogP contribution in [0.15, 0.2) is 41.9 Å². The molecule has 6 nitrogen and oxygen atoms in total. The van der Waals surface area contributed by atoms with Crippen molar-refractivity contribution >= 4 is 35.9 Å². The van der Waals surface area contributed by atoms with Crippen LogP contribution in [0.4, 0.5) is 0 Å². The highest BCUT2D eigenvalue weighted by Gasteiger charge is 2.03. The molecule has 0 saturated heterocycles. The molecule has 0 aromatic heterocycles. The first-order chi connectivity index (χ1) is 12.7. The number of hydrogen-bond donors (Lipinski definition) is 2. The molecule has 1 aromatic carbocycles. The molecule has 27 heavy (non-hydrogen) atoms. The molecule has 0 fully saturated rings. The Balaban J connectivity index is 0.00000676. The summed E-state index contributed by atoms with van der Waals surface area (Å²) in [4.78, 5) is 15.7. The predicted molar refractivity (Wildman–Crippen MR) is 121 cm³/mol. The standard InChI is InChI=1S/C20H31N3O3.HI/c1-4-15-26-18-12-9-8-11-17(18)16-23-20(21-5-2)22-14-10-6-7-13-19(24)25-3;/h4,8-9,11-12H,1,5-7,10,13-16H2,2-3H3,(H2,21,22,23);1H. The van der Waals surface area contributed by atoms with Crippen molar-refractivity contribution < 1.29 is 14.3 Å². The Morgan fingerprint density at radius 3 is 2.70 bits per heavy atom. The van der Waals surface area contributed by atoms with Gasteiger partial charge >= 0.3 is 5.97 Å². The molecule has 0 aliphatic rings. The zero-order valence-corrected chi connectivity index (χ0v) is 18.7. The van der Waals surface area contributed by atoms with E-state index in [1.54, 1.807) is 6.08 Å². The summed E-state index contributed by atoms with van der Waals surface area (Å²) in [7, 11) is 1.42. The van der Waals surface area contributed by atoms with Gasteiger partial charge in [-0.05, 0) is 25.8 Å². The van der Waals surface area contributed by atoms with Crippen molar-refractivity contribution in [2.24, 2.45) is 4.99 Å². The number of nitrogens with one attached hydrogen (secondary N) is 2. The van der Waals surface area contributed by atoms with E-state index in [-0.39, 0.29) is 29.9 Å². The summed E-state index contributed by atoms with van der Waals surface area (Å²) in [6.07, 6.45) is 4.99. The highest BCUT2D eigenvalue weighted by molar-refractivity contribution is 14.0. The molecule has 0 aliphatic carbocycles. The molecule has 0 aliphatic heterocycles. The Morgan fingerprint density at radius 1 is 1.22 bits per heavy atom. The van der Waals surface area contributed by atoms with Gasteiger partial charge in [-0.15, -0.1) is 24.0 Å². The van der Waals surface area contributed by atoms with E-state index in [0.29, 0.717) is 19.6 Å². The molecule has 2 N–H and O–H groups in total. The number of halogens is 1. The number of methoxy groups -OCH3 is 1. The average molecular weight is 489 g/mol. The number of unbranched alkanes of at least 4 members (excludes halogenated alkanes) is 2. The molecule has 0 unspecified atom stereocenters. The first-order valence-corrected chi connectivity index (χ1v) is 9.11. The van der Waals surface area contributed by atoms with E-state index < -0.39 is 0 Å². The van der Waals surface area contributed by atoms with Gasteiger partial charge in [0.1, 0.15) is 12.4 Å². The first-order valence-electron chi connectivity index (χ1n) is 9.11. The van der Waals surface area contributed by atoms with Crippen LogP contribution >= 0.6 is 24.0 Å². The number of aliphatic imine (C=N–C) groups is 1. The number of para-hydroxylation sites is 1. The van der Waals surface area contributed by atoms with Crippen LogP contribution in [-0.2, 0) is 16.1 Å². The maximum atomic E-state index is 11.1. The van der Waals surface area contributed by atoms with Crippen molar-refractivity contribution in [1.82, 2.24) is 10.6 Å². The SMILES string of the molecule is C=CCOc1ccccc1CN=C(NCC)NCCCCCC(=O)OC.I. The quantitative estimate of drug-likeness (QED) is 0.117. The van der Waals surface area contributed by atoms with Gasteiger partial charge in [0.05, 0.1) is 13.7 Å². The van der Waals surface area contributed by atoms with Crippen molar-refractivity contribution in [1.29, 1.82) is 0 Å². The third-order valence-corrected chi connectivity index (χ3v) is 3.66. The molecule has 1 rings (SSSR count). The second-order valence-corrected chi connectivity index (χ2v) is 5.72. The highest BCUT2D eigenvalue weighted by Crippen LogP contribution is 2.18. The first kappa shape index (κ1) is 25.2. The van der Waals surface area contributed by atoms with E-state index in [1.807, 2.05) is 31.2 Å². The number of esters is 1. The molecule has 0 spiro atoms. The van der Waals surface area contributed by atoms with Crippen molar-refractivity contribution in [3.8, 4) is 5.75 Å². The van der Waals surface area contributed by atoms with Crippen LogP contribution < -0.4 is 15.4 Å². The molecule has 7 heteroatoms. The highest BCUT2D eigenvalue weighted by atomic mass is 127. The molecule has 0 atom stereocenters. The lowest BCUT2D eigenvalue weighted by Crippen LogP contribution is -2.37. The summed E-state index contributed by atoms with van der Waals surface area (Å²) in [5.41, 5.74) is 1.03. The van der Waals surface area contributed by atoms with Crippen LogP contribution in [0.2, 0.25) is 0 Å². The van der Waals surface area contributed by atoms with Crippen LogP contribution in [0.3, 0.4) is 0 Å². The van der Waals surface area contributed by atoms with Crippen molar-refractivity contribution in [2.75, 3.05) is 26.8 Å². The third kappa shape index (κ3) is 11.5.